The molecule has 0 aromatic heterocycles. The van der Waals surface area contributed by atoms with Gasteiger partial charge in [0.15, 0.2) is 0 Å². The molecule has 5 nitrogen and oxygen atoms in total. The molecule has 1 unspecified atom stereocenters. The van der Waals surface area contributed by atoms with Crippen molar-refractivity contribution < 1.29 is 14.7 Å². The Kier molecular flexibility index (Phi) is 8.26. The van der Waals surface area contributed by atoms with Gasteiger partial charge in [0.25, 0.3) is 0 Å². The van der Waals surface area contributed by atoms with Crippen molar-refractivity contribution in [1.82, 2.24) is 10.2 Å². The van der Waals surface area contributed by atoms with Crippen molar-refractivity contribution in [3.05, 3.63) is 0 Å². The fourth-order valence-electron chi connectivity index (χ4n) is 2.04. The lowest BCUT2D eigenvalue weighted by atomic mass is 9.96. The summed E-state index contributed by atoms with van der Waals surface area (Å²) >= 11 is 0. The maximum atomic E-state index is 12.2. The van der Waals surface area contributed by atoms with Crippen molar-refractivity contribution >= 4 is 12.0 Å². The lowest BCUT2D eigenvalue weighted by Gasteiger charge is -2.27. The molecule has 0 heterocycles. The van der Waals surface area contributed by atoms with Crippen LogP contribution >= 0.6 is 0 Å². The van der Waals surface area contributed by atoms with Gasteiger partial charge in [0, 0.05) is 19.6 Å². The van der Waals surface area contributed by atoms with Crippen LogP contribution in [-0.4, -0.2) is 41.6 Å². The van der Waals surface area contributed by atoms with Gasteiger partial charge in [-0.15, -0.1) is 0 Å². The molecule has 0 aromatic carbocycles. The minimum Gasteiger partial charge on any atom is -0.481 e. The molecule has 2 amide bonds. The molecule has 0 rings (SSSR count). The summed E-state index contributed by atoms with van der Waals surface area (Å²) in [6.07, 6.45) is 0. The van der Waals surface area contributed by atoms with E-state index >= 15 is 0 Å². The summed E-state index contributed by atoms with van der Waals surface area (Å²) in [5, 5.41) is 11.9. The molecule has 0 spiro atoms. The molecule has 0 aromatic rings. The van der Waals surface area contributed by atoms with Crippen LogP contribution in [0.2, 0.25) is 0 Å². The van der Waals surface area contributed by atoms with Gasteiger partial charge in [-0.2, -0.15) is 0 Å². The first kappa shape index (κ1) is 18.7. The standard InChI is InChI=1S/C15H30N2O3/c1-10(2)8-17(9-11(3)4)15(20)16-7-13(12(5)6)14(18)19/h10-13H,7-9H2,1-6H3,(H,16,20)(H,18,19). The summed E-state index contributed by atoms with van der Waals surface area (Å²) in [5.74, 6) is -0.630. The first-order valence-electron chi connectivity index (χ1n) is 7.40. The topological polar surface area (TPSA) is 69.6 Å². The van der Waals surface area contributed by atoms with Crippen LogP contribution in [-0.2, 0) is 4.79 Å². The van der Waals surface area contributed by atoms with E-state index in [1.54, 1.807) is 4.90 Å². The van der Waals surface area contributed by atoms with Crippen molar-refractivity contribution in [2.24, 2.45) is 23.7 Å². The van der Waals surface area contributed by atoms with Crippen LogP contribution in [0.5, 0.6) is 0 Å². The first-order chi connectivity index (χ1) is 9.15. The molecular formula is C15H30N2O3. The monoisotopic (exact) mass is 286 g/mol. The Morgan fingerprint density at radius 1 is 1.00 bits per heavy atom. The zero-order valence-corrected chi connectivity index (χ0v) is 13.6. The number of amides is 2. The fourth-order valence-corrected chi connectivity index (χ4v) is 2.04. The molecule has 0 aliphatic heterocycles. The van der Waals surface area contributed by atoms with Crippen molar-refractivity contribution in [2.45, 2.75) is 41.5 Å². The zero-order chi connectivity index (χ0) is 15.9. The number of rotatable bonds is 8. The molecule has 0 fully saturated rings. The number of hydrogen-bond donors (Lipinski definition) is 2. The van der Waals surface area contributed by atoms with E-state index < -0.39 is 11.9 Å². The van der Waals surface area contributed by atoms with Gasteiger partial charge in [-0.05, 0) is 17.8 Å². The molecule has 0 aliphatic carbocycles. The SMILES string of the molecule is CC(C)CN(CC(C)C)C(=O)NCC(C(=O)O)C(C)C. The lowest BCUT2D eigenvalue weighted by Crippen LogP contribution is -2.46. The Bertz CT molecular complexity index is 304. The van der Waals surface area contributed by atoms with Crippen LogP contribution in [0, 0.1) is 23.7 Å². The Labute approximate surface area is 122 Å². The van der Waals surface area contributed by atoms with Crippen LogP contribution in [0.15, 0.2) is 0 Å². The van der Waals surface area contributed by atoms with Gasteiger partial charge in [-0.25, -0.2) is 4.79 Å². The first-order valence-corrected chi connectivity index (χ1v) is 7.40. The van der Waals surface area contributed by atoms with Gasteiger partial charge in [0.2, 0.25) is 0 Å². The largest absolute Gasteiger partial charge is 0.481 e. The summed E-state index contributed by atoms with van der Waals surface area (Å²) in [5.41, 5.74) is 0. The highest BCUT2D eigenvalue weighted by Gasteiger charge is 2.23. The van der Waals surface area contributed by atoms with E-state index in [0.717, 1.165) is 0 Å². The van der Waals surface area contributed by atoms with E-state index in [4.69, 9.17) is 5.11 Å². The number of carbonyl (C=O) groups is 2. The average Bonchev–Trinajstić information content (AvgIpc) is 2.25. The van der Waals surface area contributed by atoms with Gasteiger partial charge >= 0.3 is 12.0 Å². The molecule has 0 bridgehead atoms. The van der Waals surface area contributed by atoms with Crippen molar-refractivity contribution in [2.75, 3.05) is 19.6 Å². The van der Waals surface area contributed by atoms with Crippen molar-refractivity contribution in [1.29, 1.82) is 0 Å². The molecule has 2 N–H and O–H groups in total. The highest BCUT2D eigenvalue weighted by Crippen LogP contribution is 2.10. The Hall–Kier alpha value is -1.26. The van der Waals surface area contributed by atoms with E-state index in [0.29, 0.717) is 24.9 Å². The predicted molar refractivity (Wildman–Crippen MR) is 80.6 cm³/mol. The van der Waals surface area contributed by atoms with Crippen LogP contribution in [0.25, 0.3) is 0 Å². The minimum atomic E-state index is -0.862. The van der Waals surface area contributed by atoms with Crippen LogP contribution < -0.4 is 5.32 Å². The van der Waals surface area contributed by atoms with E-state index in [1.165, 1.54) is 0 Å². The second kappa shape index (κ2) is 8.82. The third kappa shape index (κ3) is 7.36. The third-order valence-corrected chi connectivity index (χ3v) is 3.05. The van der Waals surface area contributed by atoms with Crippen LogP contribution in [0.3, 0.4) is 0 Å². The maximum Gasteiger partial charge on any atom is 0.317 e. The van der Waals surface area contributed by atoms with Gasteiger partial charge in [-0.3, -0.25) is 4.79 Å². The normalized spacial score (nSPS) is 12.8. The Morgan fingerprint density at radius 3 is 1.75 bits per heavy atom. The number of carboxylic acid groups (broad SMARTS) is 1. The highest BCUT2D eigenvalue weighted by molar-refractivity contribution is 5.76. The van der Waals surface area contributed by atoms with E-state index in [1.807, 2.05) is 13.8 Å². The van der Waals surface area contributed by atoms with Gasteiger partial charge in [-0.1, -0.05) is 41.5 Å². The third-order valence-electron chi connectivity index (χ3n) is 3.05. The average molecular weight is 286 g/mol. The number of hydrogen-bond acceptors (Lipinski definition) is 2. The number of carbonyl (C=O) groups excluding carboxylic acids is 1. The fraction of sp³-hybridized carbons (Fsp3) is 0.867. The van der Waals surface area contributed by atoms with Crippen LogP contribution in [0.4, 0.5) is 4.79 Å². The van der Waals surface area contributed by atoms with E-state index in [-0.39, 0.29) is 18.5 Å². The minimum absolute atomic E-state index is 0.00329. The lowest BCUT2D eigenvalue weighted by molar-refractivity contribution is -0.142. The summed E-state index contributed by atoms with van der Waals surface area (Å²) in [6.45, 7) is 13.5. The summed E-state index contributed by atoms with van der Waals surface area (Å²) < 4.78 is 0. The second-order valence-corrected chi connectivity index (χ2v) is 6.57. The molecule has 0 saturated heterocycles. The zero-order valence-electron chi connectivity index (χ0n) is 13.6. The molecule has 118 valence electrons. The van der Waals surface area contributed by atoms with E-state index in [9.17, 15) is 9.59 Å². The van der Waals surface area contributed by atoms with E-state index in [2.05, 4.69) is 33.0 Å². The number of aliphatic carboxylic acids is 1. The number of nitrogens with one attached hydrogen (secondary N) is 1. The molecule has 1 atom stereocenters. The summed E-state index contributed by atoms with van der Waals surface area (Å²) in [6, 6.07) is -0.167. The highest BCUT2D eigenvalue weighted by atomic mass is 16.4. The molecular weight excluding hydrogens is 256 g/mol. The van der Waals surface area contributed by atoms with Crippen molar-refractivity contribution in [3.8, 4) is 0 Å². The van der Waals surface area contributed by atoms with Crippen molar-refractivity contribution in [3.63, 3.8) is 0 Å². The molecule has 0 radical (unpaired) electrons. The molecule has 20 heavy (non-hydrogen) atoms. The smallest absolute Gasteiger partial charge is 0.317 e. The molecule has 5 heteroatoms. The van der Waals surface area contributed by atoms with Gasteiger partial charge in [0.1, 0.15) is 0 Å². The Morgan fingerprint density at radius 2 is 1.45 bits per heavy atom. The number of carboxylic acids is 1. The van der Waals surface area contributed by atoms with Gasteiger partial charge in [0.05, 0.1) is 5.92 Å². The number of nitrogens with zero attached hydrogens (tertiary/aromatic N) is 1. The van der Waals surface area contributed by atoms with Crippen LogP contribution in [0.1, 0.15) is 41.5 Å². The quantitative estimate of drug-likeness (QED) is 0.720. The predicted octanol–water partition coefficient (Wildman–Crippen LogP) is 2.67. The van der Waals surface area contributed by atoms with Gasteiger partial charge < -0.3 is 15.3 Å². The molecule has 0 aliphatic rings. The Balaban J connectivity index is 4.55. The number of urea groups is 1. The maximum absolute atomic E-state index is 12.2. The summed E-state index contributed by atoms with van der Waals surface area (Å²) in [4.78, 5) is 25.1. The summed E-state index contributed by atoms with van der Waals surface area (Å²) in [7, 11) is 0. The molecule has 0 saturated carbocycles. The second-order valence-electron chi connectivity index (χ2n) is 6.57.